The number of carbonyl (C=O) groups is 1. The molecule has 3 aromatic rings. The topological polar surface area (TPSA) is 50.7 Å². The third-order valence-corrected chi connectivity index (χ3v) is 4.31. The molecule has 0 unspecified atom stereocenters. The van der Waals surface area contributed by atoms with Crippen LogP contribution >= 0.6 is 23.2 Å². The maximum atomic E-state index is 12.1. The molecule has 3 aromatic carbocycles. The minimum atomic E-state index is -0.317. The molecule has 0 saturated carbocycles. The van der Waals surface area contributed by atoms with E-state index in [1.807, 2.05) is 42.5 Å². The Kier molecular flexibility index (Phi) is 6.47. The number of halogens is 2. The molecule has 1 amide bonds. The Morgan fingerprint density at radius 2 is 1.67 bits per heavy atom. The third-order valence-electron chi connectivity index (χ3n) is 3.71. The van der Waals surface area contributed by atoms with Crippen LogP contribution in [-0.2, 0) is 6.61 Å². The molecule has 0 bridgehead atoms. The van der Waals surface area contributed by atoms with Crippen molar-refractivity contribution >= 4 is 35.3 Å². The SMILES string of the molecule is O=C(N/N=C\c1ccccc1Cl)c1ccc(OCc2ccc(Cl)cc2)cc1. The van der Waals surface area contributed by atoms with Crippen LogP contribution in [0.25, 0.3) is 0 Å². The molecule has 0 spiro atoms. The van der Waals surface area contributed by atoms with E-state index in [-0.39, 0.29) is 5.91 Å². The van der Waals surface area contributed by atoms with Gasteiger partial charge in [0.1, 0.15) is 12.4 Å². The zero-order valence-electron chi connectivity index (χ0n) is 14.2. The standard InChI is InChI=1S/C21H16Cl2N2O2/c22-18-9-5-15(6-10-18)14-27-19-11-7-16(8-12-19)21(26)25-24-13-17-3-1-2-4-20(17)23/h1-13H,14H2,(H,25,26)/b24-13-. The van der Waals surface area contributed by atoms with Gasteiger partial charge in [-0.3, -0.25) is 4.79 Å². The van der Waals surface area contributed by atoms with Gasteiger partial charge in [0.05, 0.1) is 6.21 Å². The van der Waals surface area contributed by atoms with Crippen molar-refractivity contribution in [2.45, 2.75) is 6.61 Å². The third kappa shape index (κ3) is 5.58. The summed E-state index contributed by atoms with van der Waals surface area (Å²) >= 11 is 11.9. The lowest BCUT2D eigenvalue weighted by Crippen LogP contribution is -2.17. The Labute approximate surface area is 167 Å². The van der Waals surface area contributed by atoms with E-state index < -0.39 is 0 Å². The molecule has 0 radical (unpaired) electrons. The van der Waals surface area contributed by atoms with Gasteiger partial charge in [0.15, 0.2) is 0 Å². The van der Waals surface area contributed by atoms with Crippen molar-refractivity contribution in [1.82, 2.24) is 5.43 Å². The quantitative estimate of drug-likeness (QED) is 0.450. The smallest absolute Gasteiger partial charge is 0.271 e. The minimum absolute atomic E-state index is 0.317. The van der Waals surface area contributed by atoms with E-state index in [2.05, 4.69) is 10.5 Å². The van der Waals surface area contributed by atoms with Gasteiger partial charge in [-0.1, -0.05) is 53.5 Å². The minimum Gasteiger partial charge on any atom is -0.489 e. The molecular weight excluding hydrogens is 383 g/mol. The second-order valence-corrected chi connectivity index (χ2v) is 6.50. The van der Waals surface area contributed by atoms with Crippen LogP contribution in [0.2, 0.25) is 10.0 Å². The predicted molar refractivity (Wildman–Crippen MR) is 109 cm³/mol. The second kappa shape index (κ2) is 9.21. The largest absolute Gasteiger partial charge is 0.489 e. The summed E-state index contributed by atoms with van der Waals surface area (Å²) < 4.78 is 5.70. The number of hydrogen-bond donors (Lipinski definition) is 1. The van der Waals surface area contributed by atoms with Crippen LogP contribution in [0, 0.1) is 0 Å². The summed E-state index contributed by atoms with van der Waals surface area (Å²) in [4.78, 5) is 12.1. The highest BCUT2D eigenvalue weighted by atomic mass is 35.5. The van der Waals surface area contributed by atoms with Crippen LogP contribution in [0.3, 0.4) is 0 Å². The van der Waals surface area contributed by atoms with Gasteiger partial charge in [-0.2, -0.15) is 5.10 Å². The van der Waals surface area contributed by atoms with Crippen LogP contribution < -0.4 is 10.2 Å². The first-order valence-corrected chi connectivity index (χ1v) is 8.92. The average molecular weight is 399 g/mol. The highest BCUT2D eigenvalue weighted by Crippen LogP contribution is 2.16. The summed E-state index contributed by atoms with van der Waals surface area (Å²) in [5, 5.41) is 5.19. The monoisotopic (exact) mass is 398 g/mol. The Morgan fingerprint density at radius 1 is 0.963 bits per heavy atom. The number of benzene rings is 3. The highest BCUT2D eigenvalue weighted by molar-refractivity contribution is 6.33. The normalized spacial score (nSPS) is 10.7. The van der Waals surface area contributed by atoms with Gasteiger partial charge in [-0.15, -0.1) is 0 Å². The number of hydrogen-bond acceptors (Lipinski definition) is 3. The Hall–Kier alpha value is -2.82. The summed E-state index contributed by atoms with van der Waals surface area (Å²) in [5.41, 5.74) is 4.69. The number of amides is 1. The summed E-state index contributed by atoms with van der Waals surface area (Å²) in [6.07, 6.45) is 1.50. The van der Waals surface area contributed by atoms with Gasteiger partial charge in [-0.05, 0) is 48.0 Å². The Morgan fingerprint density at radius 3 is 2.37 bits per heavy atom. The van der Waals surface area contributed by atoms with E-state index in [4.69, 9.17) is 27.9 Å². The molecule has 0 heterocycles. The first kappa shape index (κ1) is 19.0. The fraction of sp³-hybridized carbons (Fsp3) is 0.0476. The molecule has 0 aliphatic carbocycles. The summed E-state index contributed by atoms with van der Waals surface area (Å²) in [6.45, 7) is 0.421. The van der Waals surface area contributed by atoms with Gasteiger partial charge >= 0.3 is 0 Å². The van der Waals surface area contributed by atoms with E-state index in [1.54, 1.807) is 30.3 Å². The number of nitrogens with one attached hydrogen (secondary N) is 1. The van der Waals surface area contributed by atoms with Crippen molar-refractivity contribution in [2.75, 3.05) is 0 Å². The first-order chi connectivity index (χ1) is 13.1. The van der Waals surface area contributed by atoms with Crippen molar-refractivity contribution in [3.8, 4) is 5.75 Å². The maximum absolute atomic E-state index is 12.1. The lowest BCUT2D eigenvalue weighted by Gasteiger charge is -2.07. The van der Waals surface area contributed by atoms with Crippen LogP contribution in [0.1, 0.15) is 21.5 Å². The molecule has 1 N–H and O–H groups in total. The van der Waals surface area contributed by atoms with Crippen LogP contribution in [0.5, 0.6) is 5.75 Å². The first-order valence-electron chi connectivity index (χ1n) is 8.17. The second-order valence-electron chi connectivity index (χ2n) is 5.66. The van der Waals surface area contributed by atoms with Crippen molar-refractivity contribution in [1.29, 1.82) is 0 Å². The predicted octanol–water partition coefficient (Wildman–Crippen LogP) is 5.34. The van der Waals surface area contributed by atoms with E-state index in [1.165, 1.54) is 6.21 Å². The average Bonchev–Trinajstić information content (AvgIpc) is 2.69. The van der Waals surface area contributed by atoms with E-state index in [0.29, 0.717) is 28.0 Å². The molecule has 136 valence electrons. The van der Waals surface area contributed by atoms with Gasteiger partial charge in [0.2, 0.25) is 0 Å². The number of rotatable bonds is 6. The molecule has 0 aromatic heterocycles. The van der Waals surface area contributed by atoms with Gasteiger partial charge < -0.3 is 4.74 Å². The lowest BCUT2D eigenvalue weighted by atomic mass is 10.2. The molecule has 0 aliphatic heterocycles. The number of ether oxygens (including phenoxy) is 1. The highest BCUT2D eigenvalue weighted by Gasteiger charge is 2.05. The van der Waals surface area contributed by atoms with Crippen molar-refractivity contribution < 1.29 is 9.53 Å². The van der Waals surface area contributed by atoms with Gasteiger partial charge in [0, 0.05) is 21.2 Å². The summed E-state index contributed by atoms with van der Waals surface area (Å²) in [5.74, 6) is 0.351. The zero-order chi connectivity index (χ0) is 19.1. The summed E-state index contributed by atoms with van der Waals surface area (Å²) in [7, 11) is 0. The molecule has 0 fully saturated rings. The number of hydrazone groups is 1. The molecule has 27 heavy (non-hydrogen) atoms. The fourth-order valence-corrected chi connectivity index (χ4v) is 2.57. The van der Waals surface area contributed by atoms with Crippen molar-refractivity contribution in [2.24, 2.45) is 5.10 Å². The molecule has 3 rings (SSSR count). The molecule has 0 atom stereocenters. The molecule has 6 heteroatoms. The van der Waals surface area contributed by atoms with Crippen molar-refractivity contribution in [3.63, 3.8) is 0 Å². The Bertz CT molecular complexity index is 939. The molecular formula is C21H16Cl2N2O2. The maximum Gasteiger partial charge on any atom is 0.271 e. The van der Waals surface area contributed by atoms with Crippen LogP contribution in [-0.4, -0.2) is 12.1 Å². The van der Waals surface area contributed by atoms with E-state index >= 15 is 0 Å². The lowest BCUT2D eigenvalue weighted by molar-refractivity contribution is 0.0955. The fourth-order valence-electron chi connectivity index (χ4n) is 2.25. The summed E-state index contributed by atoms with van der Waals surface area (Å²) in [6, 6.07) is 21.5. The van der Waals surface area contributed by atoms with Crippen molar-refractivity contribution in [3.05, 3.63) is 99.5 Å². The van der Waals surface area contributed by atoms with Gasteiger partial charge in [-0.25, -0.2) is 5.43 Å². The zero-order valence-corrected chi connectivity index (χ0v) is 15.7. The van der Waals surface area contributed by atoms with Crippen LogP contribution in [0.15, 0.2) is 77.9 Å². The van der Waals surface area contributed by atoms with E-state index in [9.17, 15) is 4.79 Å². The van der Waals surface area contributed by atoms with Gasteiger partial charge in [0.25, 0.3) is 5.91 Å². The Balaban J connectivity index is 1.54. The number of carbonyl (C=O) groups excluding carboxylic acids is 1. The van der Waals surface area contributed by atoms with Crippen LogP contribution in [0.4, 0.5) is 0 Å². The van der Waals surface area contributed by atoms with E-state index in [0.717, 1.165) is 11.1 Å². The molecule has 0 aliphatic rings. The molecule has 4 nitrogen and oxygen atoms in total. The molecule has 0 saturated heterocycles. The number of nitrogens with zero attached hydrogens (tertiary/aromatic N) is 1.